The first kappa shape index (κ1) is 8.97. The summed E-state index contributed by atoms with van der Waals surface area (Å²) in [6.45, 7) is 0. The van der Waals surface area contributed by atoms with Crippen molar-refractivity contribution in [3.8, 4) is 5.75 Å². The van der Waals surface area contributed by atoms with Crippen molar-refractivity contribution in [1.82, 2.24) is 4.98 Å². The number of hydrogen-bond donors (Lipinski definition) is 2. The molecular weight excluding hydrogens is 159 g/mol. The van der Waals surface area contributed by atoms with Crippen LogP contribution in [0, 0.1) is 5.82 Å². The number of anilines is 1. The molecule has 0 unspecified atom stereocenters. The predicted molar refractivity (Wildman–Crippen MR) is 37.5 cm³/mol. The molecule has 0 aliphatic rings. The molecule has 3 N–H and O–H groups in total. The summed E-state index contributed by atoms with van der Waals surface area (Å²) >= 11 is 0. The number of aromatic nitrogens is 1. The fourth-order valence-electron chi connectivity index (χ4n) is 0.439. The molecule has 0 atom stereocenters. The third-order valence-corrected chi connectivity index (χ3v) is 0.864. The molecule has 1 aromatic heterocycles. The topological polar surface area (TPSA) is 59.1 Å². The van der Waals surface area contributed by atoms with Gasteiger partial charge in [0.25, 0.3) is 0 Å². The van der Waals surface area contributed by atoms with Crippen LogP contribution in [0.4, 0.5) is 10.2 Å². The third kappa shape index (κ3) is 1.73. The molecule has 3 nitrogen and oxygen atoms in total. The number of nitrogens with zero attached hydrogens (tertiary/aromatic N) is 1. The Morgan fingerprint density at radius 2 is 2.20 bits per heavy atom. The van der Waals surface area contributed by atoms with Crippen molar-refractivity contribution >= 4 is 18.2 Å². The van der Waals surface area contributed by atoms with Gasteiger partial charge in [0.2, 0.25) is 0 Å². The van der Waals surface area contributed by atoms with Crippen molar-refractivity contribution in [3.63, 3.8) is 0 Å². The zero-order valence-corrected chi connectivity index (χ0v) is 5.73. The summed E-state index contributed by atoms with van der Waals surface area (Å²) in [4.78, 5) is 3.33. The minimum atomic E-state index is -0.596. The third-order valence-electron chi connectivity index (χ3n) is 0.864. The van der Waals surface area contributed by atoms with Gasteiger partial charge in [-0.1, -0.05) is 0 Å². The largest absolute Gasteiger partial charge is 0.504 e. The summed E-state index contributed by atoms with van der Waals surface area (Å²) in [6.07, 6.45) is 0.940. The molecule has 0 bridgehead atoms. The maximum absolute atomic E-state index is 12.1. The number of hydrogen-bond acceptors (Lipinski definition) is 3. The Morgan fingerprint density at radius 1 is 1.60 bits per heavy atom. The predicted octanol–water partition coefficient (Wildman–Crippen LogP) is 0.930. The van der Waals surface area contributed by atoms with Crippen LogP contribution in [0.5, 0.6) is 5.75 Å². The van der Waals surface area contributed by atoms with Gasteiger partial charge in [-0.2, -0.15) is 0 Å². The van der Waals surface area contributed by atoms with E-state index in [4.69, 9.17) is 10.8 Å². The molecule has 0 saturated heterocycles. The number of pyridine rings is 1. The molecule has 0 radical (unpaired) electrons. The van der Waals surface area contributed by atoms with Crippen LogP contribution in [0.15, 0.2) is 12.3 Å². The van der Waals surface area contributed by atoms with Crippen molar-refractivity contribution in [2.24, 2.45) is 0 Å². The Morgan fingerprint density at radius 3 is 2.60 bits per heavy atom. The number of nitrogens with two attached hydrogens (primary N) is 1. The second kappa shape index (κ2) is 3.22. The van der Waals surface area contributed by atoms with E-state index in [9.17, 15) is 4.39 Å². The molecule has 1 aromatic rings. The quantitative estimate of drug-likeness (QED) is 0.600. The van der Waals surface area contributed by atoms with Gasteiger partial charge in [0.05, 0.1) is 6.20 Å². The van der Waals surface area contributed by atoms with Crippen molar-refractivity contribution in [1.29, 1.82) is 0 Å². The van der Waals surface area contributed by atoms with Gasteiger partial charge in [-0.3, -0.25) is 0 Å². The van der Waals surface area contributed by atoms with Crippen molar-refractivity contribution in [3.05, 3.63) is 18.1 Å². The van der Waals surface area contributed by atoms with Gasteiger partial charge in [-0.25, -0.2) is 9.37 Å². The number of aromatic hydroxyl groups is 1. The second-order valence-electron chi connectivity index (χ2n) is 1.56. The highest BCUT2D eigenvalue weighted by molar-refractivity contribution is 5.85. The SMILES string of the molecule is Cl.Nc1ncc(F)cc1O. The summed E-state index contributed by atoms with van der Waals surface area (Å²) in [6, 6.07) is 0.905. The van der Waals surface area contributed by atoms with Gasteiger partial charge >= 0.3 is 0 Å². The van der Waals surface area contributed by atoms with E-state index in [2.05, 4.69) is 4.98 Å². The molecule has 1 rings (SSSR count). The number of rotatable bonds is 0. The Balaban J connectivity index is 0.000000810. The van der Waals surface area contributed by atoms with E-state index < -0.39 is 5.82 Å². The summed E-state index contributed by atoms with van der Waals surface area (Å²) in [5.74, 6) is -0.979. The lowest BCUT2D eigenvalue weighted by atomic mass is 10.4. The first-order valence-electron chi connectivity index (χ1n) is 2.30. The average Bonchev–Trinajstić information content (AvgIpc) is 1.80. The van der Waals surface area contributed by atoms with Crippen LogP contribution in [0.1, 0.15) is 0 Å². The normalized spacial score (nSPS) is 8.50. The van der Waals surface area contributed by atoms with Crippen LogP contribution in [0.3, 0.4) is 0 Å². The zero-order chi connectivity index (χ0) is 6.85. The van der Waals surface area contributed by atoms with Crippen LogP contribution in [-0.4, -0.2) is 10.1 Å². The lowest BCUT2D eigenvalue weighted by Crippen LogP contribution is -1.90. The Hall–Kier alpha value is -1.03. The molecule has 0 fully saturated rings. The molecule has 0 saturated carbocycles. The van der Waals surface area contributed by atoms with Gasteiger partial charge in [-0.05, 0) is 0 Å². The Labute approximate surface area is 63.1 Å². The zero-order valence-electron chi connectivity index (χ0n) is 4.91. The van der Waals surface area contributed by atoms with E-state index in [-0.39, 0.29) is 24.0 Å². The molecule has 10 heavy (non-hydrogen) atoms. The van der Waals surface area contributed by atoms with E-state index >= 15 is 0 Å². The maximum Gasteiger partial charge on any atom is 0.166 e. The summed E-state index contributed by atoms with van der Waals surface area (Å²) in [5, 5.41) is 8.67. The fourth-order valence-corrected chi connectivity index (χ4v) is 0.439. The maximum atomic E-state index is 12.1. The van der Waals surface area contributed by atoms with E-state index in [0.29, 0.717) is 0 Å². The van der Waals surface area contributed by atoms with Gasteiger partial charge in [-0.15, -0.1) is 12.4 Å². The minimum Gasteiger partial charge on any atom is -0.504 e. The van der Waals surface area contributed by atoms with Gasteiger partial charge in [0, 0.05) is 6.07 Å². The second-order valence-corrected chi connectivity index (χ2v) is 1.56. The van der Waals surface area contributed by atoms with E-state index in [0.717, 1.165) is 12.3 Å². The van der Waals surface area contributed by atoms with Crippen LogP contribution >= 0.6 is 12.4 Å². The molecule has 0 aliphatic heterocycles. The molecule has 1 heterocycles. The van der Waals surface area contributed by atoms with E-state index in [1.54, 1.807) is 0 Å². The number of nitrogen functional groups attached to an aromatic ring is 1. The van der Waals surface area contributed by atoms with Crippen LogP contribution in [0.2, 0.25) is 0 Å². The highest BCUT2D eigenvalue weighted by Gasteiger charge is 1.97. The lowest BCUT2D eigenvalue weighted by molar-refractivity contribution is 0.468. The first-order valence-corrected chi connectivity index (χ1v) is 2.30. The van der Waals surface area contributed by atoms with Crippen molar-refractivity contribution < 1.29 is 9.50 Å². The Kier molecular flexibility index (Phi) is 2.89. The average molecular weight is 165 g/mol. The molecule has 5 heteroatoms. The van der Waals surface area contributed by atoms with Gasteiger partial charge in [0.15, 0.2) is 11.6 Å². The van der Waals surface area contributed by atoms with Crippen LogP contribution < -0.4 is 5.73 Å². The smallest absolute Gasteiger partial charge is 0.166 e. The fraction of sp³-hybridized carbons (Fsp3) is 0. The van der Waals surface area contributed by atoms with Gasteiger partial charge in [0.1, 0.15) is 5.82 Å². The molecular formula is C5H6ClFN2O. The van der Waals surface area contributed by atoms with Crippen molar-refractivity contribution in [2.75, 3.05) is 5.73 Å². The molecule has 0 amide bonds. The molecule has 0 spiro atoms. The van der Waals surface area contributed by atoms with Crippen LogP contribution in [-0.2, 0) is 0 Å². The summed E-state index contributed by atoms with van der Waals surface area (Å²) in [7, 11) is 0. The van der Waals surface area contributed by atoms with E-state index in [1.165, 1.54) is 0 Å². The minimum absolute atomic E-state index is 0. The number of halogens is 2. The Bertz CT molecular complexity index is 231. The molecule has 0 aliphatic carbocycles. The molecule has 0 aromatic carbocycles. The van der Waals surface area contributed by atoms with Crippen molar-refractivity contribution in [2.45, 2.75) is 0 Å². The molecule has 56 valence electrons. The monoisotopic (exact) mass is 164 g/mol. The summed E-state index contributed by atoms with van der Waals surface area (Å²) in [5.41, 5.74) is 5.06. The first-order chi connectivity index (χ1) is 4.20. The van der Waals surface area contributed by atoms with Gasteiger partial charge < -0.3 is 10.8 Å². The lowest BCUT2D eigenvalue weighted by Gasteiger charge is -1.93. The van der Waals surface area contributed by atoms with Crippen LogP contribution in [0.25, 0.3) is 0 Å². The highest BCUT2D eigenvalue weighted by Crippen LogP contribution is 2.15. The standard InChI is InChI=1S/C5H5FN2O.ClH/c6-3-1-4(9)5(7)8-2-3;/h1-2,9H,(H2,7,8);1H. The van der Waals surface area contributed by atoms with E-state index in [1.807, 2.05) is 0 Å². The summed E-state index contributed by atoms with van der Waals surface area (Å²) < 4.78 is 12.1. The highest BCUT2D eigenvalue weighted by atomic mass is 35.5.